The number of nitrogens with zero attached hydrogens (tertiary/aromatic N) is 1. The van der Waals surface area contributed by atoms with Gasteiger partial charge in [0.05, 0.1) is 0 Å². The Bertz CT molecular complexity index is 123. The van der Waals surface area contributed by atoms with E-state index in [1.165, 1.54) is 0 Å². The zero-order valence-corrected chi connectivity index (χ0v) is 7.54. The minimum atomic E-state index is -0.319. The average Bonchev–Trinajstić information content (AvgIpc) is 1.86. The summed E-state index contributed by atoms with van der Waals surface area (Å²) in [5.41, 5.74) is 0. The highest BCUT2D eigenvalue weighted by atomic mass is 16.6. The van der Waals surface area contributed by atoms with Gasteiger partial charge in [0.15, 0.2) is 0 Å². The molecule has 0 rings (SSSR count). The Morgan fingerprint density at radius 2 is 2.00 bits per heavy atom. The number of rotatable bonds is 5. The Balaban J connectivity index is 3.79. The number of hydrogen-bond acceptors (Lipinski definition) is 2. The van der Waals surface area contributed by atoms with E-state index in [9.17, 15) is 10.1 Å². The predicted octanol–water partition coefficient (Wildman–Crippen LogP) is 2.48. The second-order valence-corrected chi connectivity index (χ2v) is 3.36. The largest absolute Gasteiger partial charge is 0.264 e. The van der Waals surface area contributed by atoms with Crippen LogP contribution >= 0.6 is 0 Å². The Hall–Kier alpha value is -0.600. The van der Waals surface area contributed by atoms with E-state index in [1.807, 2.05) is 20.8 Å². The van der Waals surface area contributed by atoms with Crippen LogP contribution in [0.4, 0.5) is 0 Å². The number of hydrogen-bond donors (Lipinski definition) is 0. The number of nitro groups is 1. The van der Waals surface area contributed by atoms with E-state index in [0.717, 1.165) is 6.42 Å². The molecule has 1 atom stereocenters. The van der Waals surface area contributed by atoms with Crippen LogP contribution in [0.25, 0.3) is 0 Å². The van der Waals surface area contributed by atoms with E-state index in [0.29, 0.717) is 18.8 Å². The fourth-order valence-electron chi connectivity index (χ4n) is 1.19. The van der Waals surface area contributed by atoms with Crippen LogP contribution in [0.3, 0.4) is 0 Å². The molecule has 0 aromatic rings. The highest BCUT2D eigenvalue weighted by Gasteiger charge is 2.19. The maximum Gasteiger partial charge on any atom is 0.213 e. The molecule has 11 heavy (non-hydrogen) atoms. The van der Waals surface area contributed by atoms with Crippen molar-refractivity contribution in [3.05, 3.63) is 10.1 Å². The first-order chi connectivity index (χ1) is 5.07. The van der Waals surface area contributed by atoms with Gasteiger partial charge >= 0.3 is 0 Å². The normalized spacial score (nSPS) is 13.5. The molecule has 0 radical (unpaired) electrons. The van der Waals surface area contributed by atoms with Gasteiger partial charge in [-0.2, -0.15) is 0 Å². The van der Waals surface area contributed by atoms with Crippen molar-refractivity contribution >= 4 is 0 Å². The van der Waals surface area contributed by atoms with Crippen LogP contribution < -0.4 is 0 Å². The Morgan fingerprint density at radius 3 is 2.27 bits per heavy atom. The Labute approximate surface area is 67.9 Å². The molecule has 0 aliphatic carbocycles. The van der Waals surface area contributed by atoms with Crippen molar-refractivity contribution < 1.29 is 4.92 Å². The summed E-state index contributed by atoms with van der Waals surface area (Å²) in [5.74, 6) is 0.428. The standard InChI is InChI=1S/C8H17NO2/c1-4-5-8(9(10)11)6-7(2)3/h7-8H,4-6H2,1-3H3. The van der Waals surface area contributed by atoms with Crippen LogP contribution in [0.15, 0.2) is 0 Å². The van der Waals surface area contributed by atoms with Crippen LogP contribution in [0.2, 0.25) is 0 Å². The summed E-state index contributed by atoms with van der Waals surface area (Å²) in [6.45, 7) is 6.02. The average molecular weight is 159 g/mol. The molecule has 0 aliphatic rings. The summed E-state index contributed by atoms with van der Waals surface area (Å²) in [7, 11) is 0. The fourth-order valence-corrected chi connectivity index (χ4v) is 1.19. The van der Waals surface area contributed by atoms with Crippen molar-refractivity contribution in [3.8, 4) is 0 Å². The fraction of sp³-hybridized carbons (Fsp3) is 1.00. The van der Waals surface area contributed by atoms with E-state index in [1.54, 1.807) is 0 Å². The Morgan fingerprint density at radius 1 is 1.45 bits per heavy atom. The molecule has 3 heteroatoms. The molecule has 0 saturated heterocycles. The second kappa shape index (κ2) is 5.10. The third-order valence-electron chi connectivity index (χ3n) is 1.66. The molecule has 3 nitrogen and oxygen atoms in total. The first-order valence-electron chi connectivity index (χ1n) is 4.21. The van der Waals surface area contributed by atoms with Crippen molar-refractivity contribution in [2.45, 2.75) is 46.1 Å². The minimum Gasteiger partial charge on any atom is -0.264 e. The molecular weight excluding hydrogens is 142 g/mol. The predicted molar refractivity (Wildman–Crippen MR) is 45.1 cm³/mol. The topological polar surface area (TPSA) is 43.1 Å². The molecule has 0 N–H and O–H groups in total. The van der Waals surface area contributed by atoms with Crippen molar-refractivity contribution in [3.63, 3.8) is 0 Å². The summed E-state index contributed by atoms with van der Waals surface area (Å²) in [6.07, 6.45) is 2.32. The summed E-state index contributed by atoms with van der Waals surface area (Å²) in [6, 6.07) is -0.319. The van der Waals surface area contributed by atoms with E-state index < -0.39 is 0 Å². The van der Waals surface area contributed by atoms with Gasteiger partial charge in [0.2, 0.25) is 6.04 Å². The molecule has 0 fully saturated rings. The van der Waals surface area contributed by atoms with Gasteiger partial charge in [-0.1, -0.05) is 20.8 Å². The maximum absolute atomic E-state index is 10.4. The molecule has 1 unspecified atom stereocenters. The quantitative estimate of drug-likeness (QED) is 0.457. The van der Waals surface area contributed by atoms with Crippen molar-refractivity contribution in [1.82, 2.24) is 0 Å². The van der Waals surface area contributed by atoms with Crippen LogP contribution in [0, 0.1) is 16.0 Å². The molecular formula is C8H17NO2. The monoisotopic (exact) mass is 159 g/mol. The molecule has 0 aromatic heterocycles. The zero-order valence-electron chi connectivity index (χ0n) is 7.54. The molecule has 0 aliphatic heterocycles. The summed E-state index contributed by atoms with van der Waals surface area (Å²) in [5, 5.41) is 10.4. The summed E-state index contributed by atoms with van der Waals surface area (Å²) < 4.78 is 0. The van der Waals surface area contributed by atoms with Crippen LogP contribution in [-0.2, 0) is 0 Å². The van der Waals surface area contributed by atoms with Gasteiger partial charge in [0.25, 0.3) is 0 Å². The first kappa shape index (κ1) is 10.4. The first-order valence-corrected chi connectivity index (χ1v) is 4.21. The van der Waals surface area contributed by atoms with Gasteiger partial charge in [0.1, 0.15) is 0 Å². The van der Waals surface area contributed by atoms with Crippen LogP contribution in [0.1, 0.15) is 40.0 Å². The second-order valence-electron chi connectivity index (χ2n) is 3.36. The lowest BCUT2D eigenvalue weighted by Crippen LogP contribution is -2.21. The highest BCUT2D eigenvalue weighted by Crippen LogP contribution is 2.12. The third kappa shape index (κ3) is 4.76. The summed E-state index contributed by atoms with van der Waals surface area (Å²) in [4.78, 5) is 10.3. The van der Waals surface area contributed by atoms with E-state index in [2.05, 4.69) is 0 Å². The van der Waals surface area contributed by atoms with Gasteiger partial charge < -0.3 is 0 Å². The molecule has 0 aromatic carbocycles. The lowest BCUT2D eigenvalue weighted by atomic mass is 10.0. The SMILES string of the molecule is CCCC(CC(C)C)[N+](=O)[O-]. The van der Waals surface area contributed by atoms with E-state index in [-0.39, 0.29) is 11.0 Å². The summed E-state index contributed by atoms with van der Waals surface area (Å²) >= 11 is 0. The van der Waals surface area contributed by atoms with Crippen molar-refractivity contribution in [2.24, 2.45) is 5.92 Å². The Kier molecular flexibility index (Phi) is 4.83. The van der Waals surface area contributed by atoms with Crippen LogP contribution in [0.5, 0.6) is 0 Å². The van der Waals surface area contributed by atoms with E-state index >= 15 is 0 Å². The van der Waals surface area contributed by atoms with E-state index in [4.69, 9.17) is 0 Å². The van der Waals surface area contributed by atoms with Gasteiger partial charge in [-0.05, 0) is 12.3 Å². The molecule has 0 spiro atoms. The molecule has 0 amide bonds. The van der Waals surface area contributed by atoms with Gasteiger partial charge in [-0.25, -0.2) is 0 Å². The van der Waals surface area contributed by atoms with Gasteiger partial charge in [0, 0.05) is 17.8 Å². The highest BCUT2D eigenvalue weighted by molar-refractivity contribution is 4.58. The van der Waals surface area contributed by atoms with Crippen LogP contribution in [-0.4, -0.2) is 11.0 Å². The molecule has 0 heterocycles. The molecule has 0 saturated carbocycles. The smallest absolute Gasteiger partial charge is 0.213 e. The zero-order chi connectivity index (χ0) is 8.85. The maximum atomic E-state index is 10.4. The lowest BCUT2D eigenvalue weighted by Gasteiger charge is -2.09. The van der Waals surface area contributed by atoms with Crippen molar-refractivity contribution in [2.75, 3.05) is 0 Å². The van der Waals surface area contributed by atoms with Gasteiger partial charge in [-0.15, -0.1) is 0 Å². The molecule has 66 valence electrons. The minimum absolute atomic E-state index is 0.149. The van der Waals surface area contributed by atoms with Gasteiger partial charge in [-0.3, -0.25) is 10.1 Å². The molecule has 0 bridgehead atoms. The lowest BCUT2D eigenvalue weighted by molar-refractivity contribution is -0.525. The third-order valence-corrected chi connectivity index (χ3v) is 1.66. The van der Waals surface area contributed by atoms with Crippen molar-refractivity contribution in [1.29, 1.82) is 0 Å².